The van der Waals surface area contributed by atoms with Crippen molar-refractivity contribution in [3.8, 4) is 0 Å². The van der Waals surface area contributed by atoms with Gasteiger partial charge in [0.2, 0.25) is 0 Å². The topological polar surface area (TPSA) is 82.8 Å². The minimum atomic E-state index is -2.36. The second-order valence-electron chi connectivity index (χ2n) is 2.95. The number of piperidine rings is 1. The molecule has 0 amide bonds. The molecule has 0 radical (unpaired) electrons. The molecule has 4 N–H and O–H groups in total. The van der Waals surface area contributed by atoms with Crippen LogP contribution in [0.2, 0.25) is 0 Å². The Balaban J connectivity index is 0.000000261. The highest BCUT2D eigenvalue weighted by Crippen LogP contribution is 2.02. The van der Waals surface area contributed by atoms with Gasteiger partial charge in [-0.3, -0.25) is 9.35 Å². The molecule has 1 rings (SSSR count). The molecule has 1 fully saturated rings. The zero-order valence-corrected chi connectivity index (χ0v) is 8.31. The number of nitrogens with two attached hydrogens (primary N) is 2. The Bertz CT molecular complexity index is 123. The highest BCUT2D eigenvalue weighted by molar-refractivity contribution is 7.76. The fourth-order valence-electron chi connectivity index (χ4n) is 1.39. The van der Waals surface area contributed by atoms with E-state index < -0.39 is 11.3 Å². The average Bonchev–Trinajstić information content (AvgIpc) is 2.05. The molecule has 2 atom stereocenters. The van der Waals surface area contributed by atoms with Crippen molar-refractivity contribution in [1.29, 1.82) is 0 Å². The van der Waals surface area contributed by atoms with E-state index in [0.29, 0.717) is 0 Å². The summed E-state index contributed by atoms with van der Waals surface area (Å²) < 4.78 is 17.6. The predicted molar refractivity (Wildman–Crippen MR) is 47.8 cm³/mol. The van der Waals surface area contributed by atoms with Crippen molar-refractivity contribution in [2.24, 2.45) is 5.14 Å². The zero-order valence-electron chi connectivity index (χ0n) is 7.49. The molecular formula is C7H18N2O2S. The third-order valence-electron chi connectivity index (χ3n) is 2.05. The number of quaternary nitrogens is 1. The van der Waals surface area contributed by atoms with Gasteiger partial charge < -0.3 is 9.87 Å². The quantitative estimate of drug-likeness (QED) is 0.538. The molecule has 4 nitrogen and oxygen atoms in total. The summed E-state index contributed by atoms with van der Waals surface area (Å²) in [5.74, 6) is 0. The van der Waals surface area contributed by atoms with Gasteiger partial charge in [-0.1, -0.05) is 6.92 Å². The van der Waals surface area contributed by atoms with Gasteiger partial charge in [0.05, 0.1) is 12.6 Å². The van der Waals surface area contributed by atoms with Crippen LogP contribution in [0, 0.1) is 0 Å². The molecule has 1 aliphatic rings. The predicted octanol–water partition coefficient (Wildman–Crippen LogP) is -0.748. The minimum absolute atomic E-state index is 0.962. The number of hydrogen-bond acceptors (Lipinski definition) is 2. The van der Waals surface area contributed by atoms with Gasteiger partial charge in [-0.15, -0.1) is 0 Å². The normalized spacial score (nSPS) is 25.4. The molecule has 0 aromatic rings. The van der Waals surface area contributed by atoms with Crippen molar-refractivity contribution in [2.75, 3.05) is 6.54 Å². The van der Waals surface area contributed by atoms with Crippen molar-refractivity contribution in [2.45, 2.75) is 38.6 Å². The molecule has 2 unspecified atom stereocenters. The van der Waals surface area contributed by atoms with E-state index in [1.54, 1.807) is 0 Å². The van der Waals surface area contributed by atoms with Crippen molar-refractivity contribution >= 4 is 11.3 Å². The molecule has 12 heavy (non-hydrogen) atoms. The third kappa shape index (κ3) is 8.13. The van der Waals surface area contributed by atoms with Gasteiger partial charge in [0, 0.05) is 11.3 Å². The fourth-order valence-corrected chi connectivity index (χ4v) is 1.39. The van der Waals surface area contributed by atoms with Crippen LogP contribution >= 0.6 is 0 Å². The maximum atomic E-state index is 8.78. The lowest BCUT2D eigenvalue weighted by Crippen LogP contribution is -2.91. The molecule has 1 aliphatic heterocycles. The molecule has 0 aromatic heterocycles. The molecule has 1 saturated heterocycles. The smallest absolute Gasteiger partial charge is 0.0856 e. The Morgan fingerprint density at radius 2 is 2.25 bits per heavy atom. The van der Waals surface area contributed by atoms with Crippen molar-refractivity contribution < 1.29 is 14.1 Å². The Morgan fingerprint density at radius 3 is 2.50 bits per heavy atom. The molecule has 74 valence electrons. The Kier molecular flexibility index (Phi) is 7.69. The first-order chi connectivity index (χ1) is 5.66. The summed E-state index contributed by atoms with van der Waals surface area (Å²) in [6.45, 7) is 3.66. The van der Waals surface area contributed by atoms with Gasteiger partial charge in [-0.05, 0) is 25.7 Å². The van der Waals surface area contributed by atoms with Crippen LogP contribution in [0.4, 0.5) is 0 Å². The molecule has 0 spiro atoms. The van der Waals surface area contributed by atoms with Gasteiger partial charge >= 0.3 is 0 Å². The second-order valence-corrected chi connectivity index (χ2v) is 3.47. The lowest BCUT2D eigenvalue weighted by atomic mass is 10.0. The van der Waals surface area contributed by atoms with Crippen LogP contribution < -0.4 is 10.5 Å². The first-order valence-corrected chi connectivity index (χ1v) is 5.47. The first-order valence-electron chi connectivity index (χ1n) is 4.33. The van der Waals surface area contributed by atoms with E-state index in [2.05, 4.69) is 17.4 Å². The Morgan fingerprint density at radius 1 is 1.67 bits per heavy atom. The Labute approximate surface area is 76.3 Å². The second kappa shape index (κ2) is 7.67. The van der Waals surface area contributed by atoms with Crippen LogP contribution in [0.15, 0.2) is 0 Å². The van der Waals surface area contributed by atoms with Gasteiger partial charge in [-0.25, -0.2) is 0 Å². The van der Waals surface area contributed by atoms with Crippen LogP contribution in [-0.4, -0.2) is 21.3 Å². The highest BCUT2D eigenvalue weighted by atomic mass is 32.2. The van der Waals surface area contributed by atoms with Crippen molar-refractivity contribution in [1.82, 2.24) is 0 Å². The molecule has 0 saturated carbocycles. The summed E-state index contributed by atoms with van der Waals surface area (Å²) in [6, 6.07) is 0.962. The van der Waals surface area contributed by atoms with Gasteiger partial charge in [0.1, 0.15) is 0 Å². The summed E-state index contributed by atoms with van der Waals surface area (Å²) >= 11 is -2.36. The summed E-state index contributed by atoms with van der Waals surface area (Å²) in [5.41, 5.74) is 0. The van der Waals surface area contributed by atoms with E-state index in [1.165, 1.54) is 32.2 Å². The van der Waals surface area contributed by atoms with E-state index >= 15 is 0 Å². The monoisotopic (exact) mass is 194 g/mol. The minimum Gasteiger partial charge on any atom is -0.760 e. The van der Waals surface area contributed by atoms with Crippen LogP contribution in [0.1, 0.15) is 32.6 Å². The summed E-state index contributed by atoms with van der Waals surface area (Å²) in [4.78, 5) is 0. The Hall–Kier alpha value is 0.0300. The fraction of sp³-hybridized carbons (Fsp3) is 1.00. The molecule has 0 aliphatic carbocycles. The van der Waals surface area contributed by atoms with Crippen molar-refractivity contribution in [3.63, 3.8) is 0 Å². The maximum Gasteiger partial charge on any atom is 0.0856 e. The molecule has 0 aromatic carbocycles. The highest BCUT2D eigenvalue weighted by Gasteiger charge is 2.12. The van der Waals surface area contributed by atoms with E-state index in [4.69, 9.17) is 8.76 Å². The lowest BCUT2D eigenvalue weighted by Gasteiger charge is -2.17. The van der Waals surface area contributed by atoms with Crippen molar-refractivity contribution in [3.05, 3.63) is 0 Å². The van der Waals surface area contributed by atoms with E-state index in [0.717, 1.165) is 6.04 Å². The number of rotatable bonds is 1. The molecule has 5 heteroatoms. The number of hydrogen-bond donors (Lipinski definition) is 2. The van der Waals surface area contributed by atoms with E-state index in [9.17, 15) is 0 Å². The van der Waals surface area contributed by atoms with Crippen LogP contribution in [0.25, 0.3) is 0 Å². The largest absolute Gasteiger partial charge is 0.760 e. The summed E-state index contributed by atoms with van der Waals surface area (Å²) in [6.07, 6.45) is 5.72. The molecular weight excluding hydrogens is 176 g/mol. The van der Waals surface area contributed by atoms with Gasteiger partial charge in [-0.2, -0.15) is 0 Å². The lowest BCUT2D eigenvalue weighted by molar-refractivity contribution is -0.697. The van der Waals surface area contributed by atoms with Gasteiger partial charge in [0.25, 0.3) is 0 Å². The average molecular weight is 194 g/mol. The third-order valence-corrected chi connectivity index (χ3v) is 2.05. The van der Waals surface area contributed by atoms with Crippen LogP contribution in [-0.2, 0) is 11.3 Å². The standard InChI is InChI=1S/C7H15N.H3NO2S/c1-2-7-5-3-4-6-8-7;1-4(2)3/h7-8H,2-6H2,1H3;1H2,(H,2,3). The van der Waals surface area contributed by atoms with Crippen LogP contribution in [0.3, 0.4) is 0 Å². The first kappa shape index (κ1) is 12.0. The van der Waals surface area contributed by atoms with Crippen LogP contribution in [0.5, 0.6) is 0 Å². The zero-order chi connectivity index (χ0) is 9.40. The maximum absolute atomic E-state index is 8.78. The van der Waals surface area contributed by atoms with Gasteiger partial charge in [0.15, 0.2) is 0 Å². The summed E-state index contributed by atoms with van der Waals surface area (Å²) in [7, 11) is 0. The molecule has 0 bridgehead atoms. The van der Waals surface area contributed by atoms with E-state index in [-0.39, 0.29) is 0 Å². The summed E-state index contributed by atoms with van der Waals surface area (Å²) in [5, 5.41) is 6.52. The molecule has 1 heterocycles. The van der Waals surface area contributed by atoms with E-state index in [1.807, 2.05) is 0 Å². The SMILES string of the molecule is CCC1CCCC[NH2+]1.NS(=O)[O-].